The molecule has 0 aliphatic heterocycles. The molecule has 0 aromatic carbocycles. The van der Waals surface area contributed by atoms with Crippen LogP contribution in [-0.2, 0) is 14.3 Å². The van der Waals surface area contributed by atoms with Crippen LogP contribution in [0.5, 0.6) is 0 Å². The van der Waals surface area contributed by atoms with Gasteiger partial charge in [0, 0.05) is 25.7 Å². The summed E-state index contributed by atoms with van der Waals surface area (Å²) >= 11 is 0. The predicted octanol–water partition coefficient (Wildman–Crippen LogP) is 1.43. The Labute approximate surface area is 168 Å². The summed E-state index contributed by atoms with van der Waals surface area (Å²) in [4.78, 5) is 12.7. The number of hydrogen-bond acceptors (Lipinski definition) is 6. The molecule has 0 fully saturated rings. The van der Waals surface area contributed by atoms with E-state index in [2.05, 4.69) is 24.1 Å². The van der Waals surface area contributed by atoms with Crippen LogP contribution >= 0.6 is 0 Å². The second-order valence-corrected chi connectivity index (χ2v) is 6.72. The maximum absolute atomic E-state index is 11.2. The molecule has 1 unspecified atom stereocenters. The molecule has 1 atom stereocenters. The Bertz CT molecular complexity index is 499. The Hall–Kier alpha value is -2.13. The number of ether oxygens (including phenoxy) is 2. The van der Waals surface area contributed by atoms with Gasteiger partial charge in [0.15, 0.2) is 11.9 Å². The lowest BCUT2D eigenvalue weighted by atomic mass is 10.1. The van der Waals surface area contributed by atoms with Gasteiger partial charge in [-0.2, -0.15) is 0 Å². The van der Waals surface area contributed by atoms with Crippen molar-refractivity contribution in [3.63, 3.8) is 0 Å². The first-order chi connectivity index (χ1) is 13.3. The summed E-state index contributed by atoms with van der Waals surface area (Å²) in [6.45, 7) is 8.38. The Morgan fingerprint density at radius 1 is 1.21 bits per heavy atom. The molecule has 9 nitrogen and oxygen atoms in total. The number of rotatable bonds is 14. The van der Waals surface area contributed by atoms with Crippen molar-refractivity contribution >= 4 is 17.9 Å². The summed E-state index contributed by atoms with van der Waals surface area (Å²) in [5.41, 5.74) is 0.323. The lowest BCUT2D eigenvalue weighted by Gasteiger charge is -2.24. The maximum Gasteiger partial charge on any atom is 0.333 e. The number of guanidine groups is 2. The van der Waals surface area contributed by atoms with Gasteiger partial charge in [-0.1, -0.05) is 39.2 Å². The topological polar surface area (TPSA) is 131 Å². The number of carbonyl (C=O) groups is 1. The first-order valence-electron chi connectivity index (χ1n) is 9.75. The Kier molecular flexibility index (Phi) is 14.7. The molecule has 0 bridgehead atoms. The highest BCUT2D eigenvalue weighted by atomic mass is 16.6. The fourth-order valence-electron chi connectivity index (χ4n) is 2.20. The first-order valence-corrected chi connectivity index (χ1v) is 9.75. The number of unbranched alkanes of at least 4 members (excludes halogenated alkanes) is 4. The number of hydrogen-bond donors (Lipinski definition) is 5. The molecular weight excluding hydrogens is 362 g/mol. The van der Waals surface area contributed by atoms with E-state index < -0.39 is 12.1 Å². The molecule has 0 aliphatic rings. The minimum atomic E-state index is -0.815. The smallest absolute Gasteiger partial charge is 0.333 e. The van der Waals surface area contributed by atoms with Crippen molar-refractivity contribution in [1.82, 2.24) is 15.5 Å². The Morgan fingerprint density at radius 2 is 1.89 bits per heavy atom. The third kappa shape index (κ3) is 14.0. The number of nitrogens with one attached hydrogen (secondary N) is 4. The SMILES string of the molecule is C=C(C)C(=O)OCCOCC(O)CN(C)C(=N)NC(=N)NCCCCCCC. The van der Waals surface area contributed by atoms with Crippen LogP contribution in [0.3, 0.4) is 0 Å². The van der Waals surface area contributed by atoms with Crippen molar-refractivity contribution in [2.45, 2.75) is 52.1 Å². The molecular formula is C19H37N5O4. The Balaban J connectivity index is 3.83. The molecule has 0 radical (unpaired) electrons. The van der Waals surface area contributed by atoms with Gasteiger partial charge in [0.25, 0.3) is 0 Å². The molecule has 162 valence electrons. The molecule has 28 heavy (non-hydrogen) atoms. The van der Waals surface area contributed by atoms with E-state index in [1.807, 2.05) is 0 Å². The van der Waals surface area contributed by atoms with Gasteiger partial charge in [-0.15, -0.1) is 0 Å². The van der Waals surface area contributed by atoms with Crippen LogP contribution in [-0.4, -0.2) is 74.0 Å². The van der Waals surface area contributed by atoms with E-state index in [0.29, 0.717) is 12.1 Å². The number of aliphatic hydroxyl groups excluding tert-OH is 1. The standard InChI is InChI=1S/C19H37N5O4/c1-5-6-7-8-9-10-22-18(20)23-19(21)24(4)13-16(25)14-27-11-12-28-17(26)15(2)3/h16,25H,2,5-14H2,1,3-4H3,(H4,20,21,22,23). The number of esters is 1. The summed E-state index contributed by atoms with van der Waals surface area (Å²) < 4.78 is 10.1. The third-order valence-corrected chi connectivity index (χ3v) is 3.81. The normalized spacial score (nSPS) is 11.4. The van der Waals surface area contributed by atoms with Gasteiger partial charge >= 0.3 is 5.97 Å². The molecule has 0 amide bonds. The van der Waals surface area contributed by atoms with Crippen LogP contribution in [0, 0.1) is 10.8 Å². The van der Waals surface area contributed by atoms with Crippen LogP contribution in [0.4, 0.5) is 0 Å². The molecule has 0 aromatic heterocycles. The first kappa shape index (κ1) is 25.9. The van der Waals surface area contributed by atoms with E-state index >= 15 is 0 Å². The van der Waals surface area contributed by atoms with Crippen molar-refractivity contribution in [2.75, 3.05) is 40.0 Å². The number of nitrogens with zero attached hydrogens (tertiary/aromatic N) is 1. The molecule has 0 heterocycles. The molecule has 0 rings (SSSR count). The summed E-state index contributed by atoms with van der Waals surface area (Å²) in [7, 11) is 1.64. The molecule has 0 aromatic rings. The van der Waals surface area contributed by atoms with Crippen molar-refractivity contribution in [3.05, 3.63) is 12.2 Å². The Morgan fingerprint density at radius 3 is 2.54 bits per heavy atom. The van der Waals surface area contributed by atoms with Gasteiger partial charge in [0.05, 0.1) is 19.3 Å². The van der Waals surface area contributed by atoms with E-state index in [9.17, 15) is 9.90 Å². The molecule has 5 N–H and O–H groups in total. The lowest BCUT2D eigenvalue weighted by Crippen LogP contribution is -2.48. The van der Waals surface area contributed by atoms with Gasteiger partial charge in [-0.05, 0) is 13.3 Å². The van der Waals surface area contributed by atoms with Gasteiger partial charge in [0.2, 0.25) is 0 Å². The lowest BCUT2D eigenvalue weighted by molar-refractivity contribution is -0.140. The fourth-order valence-corrected chi connectivity index (χ4v) is 2.20. The van der Waals surface area contributed by atoms with Gasteiger partial charge < -0.3 is 24.8 Å². The third-order valence-electron chi connectivity index (χ3n) is 3.81. The van der Waals surface area contributed by atoms with Crippen molar-refractivity contribution in [1.29, 1.82) is 10.8 Å². The molecule has 9 heteroatoms. The van der Waals surface area contributed by atoms with E-state index in [-0.39, 0.29) is 38.3 Å². The summed E-state index contributed by atoms with van der Waals surface area (Å²) in [6, 6.07) is 0. The van der Waals surface area contributed by atoms with Gasteiger partial charge in [-0.3, -0.25) is 16.1 Å². The van der Waals surface area contributed by atoms with E-state index in [1.165, 1.54) is 24.2 Å². The quantitative estimate of drug-likeness (QED) is 0.0982. The summed E-state index contributed by atoms with van der Waals surface area (Å²) in [5, 5.41) is 31.3. The van der Waals surface area contributed by atoms with Crippen LogP contribution in [0.1, 0.15) is 46.0 Å². The highest BCUT2D eigenvalue weighted by molar-refractivity contribution is 5.95. The second kappa shape index (κ2) is 15.9. The average molecular weight is 400 g/mol. The highest BCUT2D eigenvalue weighted by Gasteiger charge is 2.12. The fraction of sp³-hybridized carbons (Fsp3) is 0.737. The monoisotopic (exact) mass is 399 g/mol. The number of carbonyl (C=O) groups excluding carboxylic acids is 1. The van der Waals surface area contributed by atoms with Crippen LogP contribution in [0.25, 0.3) is 0 Å². The van der Waals surface area contributed by atoms with Crippen LogP contribution < -0.4 is 10.6 Å². The summed E-state index contributed by atoms with van der Waals surface area (Å²) in [5.74, 6) is -0.393. The summed E-state index contributed by atoms with van der Waals surface area (Å²) in [6.07, 6.45) is 4.94. The van der Waals surface area contributed by atoms with Gasteiger partial charge in [-0.25, -0.2) is 4.79 Å². The van der Waals surface area contributed by atoms with Gasteiger partial charge in [0.1, 0.15) is 6.61 Å². The van der Waals surface area contributed by atoms with Crippen molar-refractivity contribution in [3.8, 4) is 0 Å². The highest BCUT2D eigenvalue weighted by Crippen LogP contribution is 2.01. The van der Waals surface area contributed by atoms with Crippen molar-refractivity contribution in [2.24, 2.45) is 0 Å². The van der Waals surface area contributed by atoms with Crippen LogP contribution in [0.15, 0.2) is 12.2 Å². The zero-order chi connectivity index (χ0) is 21.4. The maximum atomic E-state index is 11.2. The molecule has 0 aliphatic carbocycles. The second-order valence-electron chi connectivity index (χ2n) is 6.72. The predicted molar refractivity (Wildman–Crippen MR) is 111 cm³/mol. The van der Waals surface area contributed by atoms with Crippen LogP contribution in [0.2, 0.25) is 0 Å². The van der Waals surface area contributed by atoms with E-state index in [0.717, 1.165) is 12.8 Å². The minimum Gasteiger partial charge on any atom is -0.460 e. The largest absolute Gasteiger partial charge is 0.460 e. The molecule has 0 spiro atoms. The molecule has 0 saturated heterocycles. The zero-order valence-corrected chi connectivity index (χ0v) is 17.5. The van der Waals surface area contributed by atoms with Crippen molar-refractivity contribution < 1.29 is 19.4 Å². The molecule has 0 saturated carbocycles. The zero-order valence-electron chi connectivity index (χ0n) is 17.5. The average Bonchev–Trinajstić information content (AvgIpc) is 2.63. The number of aliphatic hydroxyl groups is 1. The minimum absolute atomic E-state index is 0.0120. The van der Waals surface area contributed by atoms with E-state index in [4.69, 9.17) is 20.3 Å². The number of likely N-dealkylation sites (N-methyl/N-ethyl adjacent to an activating group) is 1. The van der Waals surface area contributed by atoms with E-state index in [1.54, 1.807) is 14.0 Å².